The molecule has 9 nitrogen and oxygen atoms in total. The lowest BCUT2D eigenvalue weighted by molar-refractivity contribution is -0.118. The molecule has 1 fully saturated rings. The summed E-state index contributed by atoms with van der Waals surface area (Å²) in [6.45, 7) is 7.01. The molecule has 2 aliphatic rings. The van der Waals surface area contributed by atoms with E-state index < -0.39 is 0 Å². The first-order valence-corrected chi connectivity index (χ1v) is 13.8. The minimum absolute atomic E-state index is 0.0604. The second-order valence-corrected chi connectivity index (χ2v) is 11.3. The van der Waals surface area contributed by atoms with Gasteiger partial charge in [-0.05, 0) is 65.9 Å². The van der Waals surface area contributed by atoms with E-state index >= 15 is 0 Å². The van der Waals surface area contributed by atoms with Crippen LogP contribution in [0.5, 0.6) is 0 Å². The highest BCUT2D eigenvalue weighted by Gasteiger charge is 2.38. The maximum Gasteiger partial charge on any atom is 0.259 e. The van der Waals surface area contributed by atoms with Crippen LogP contribution in [0.15, 0.2) is 61.1 Å². The van der Waals surface area contributed by atoms with Crippen molar-refractivity contribution < 1.29 is 14.3 Å². The highest BCUT2D eigenvalue weighted by molar-refractivity contribution is 6.07. The number of hydrogen-bond donors (Lipinski definition) is 3. The van der Waals surface area contributed by atoms with Crippen molar-refractivity contribution in [2.24, 2.45) is 0 Å². The first-order valence-electron chi connectivity index (χ1n) is 13.8. The summed E-state index contributed by atoms with van der Waals surface area (Å²) in [6, 6.07) is 13.3. The standard InChI is InChI=1S/C31H34N6O3/c1-31(2)19-37(26(18-38)27-6-4-14-40-27)17-21-15-22(7-8-25(21)31)36-30(39)24-5-3-11-32-29(24)35-16-20-9-12-33-28-23(20)10-13-34-28/h3,5,7-13,15,18,26-27H,4,6,14,16-17,19H2,1-2H3,(H,32,35)(H,33,34)(H,36,39). The molecule has 5 heterocycles. The Kier molecular flexibility index (Phi) is 7.08. The van der Waals surface area contributed by atoms with Gasteiger partial charge in [-0.1, -0.05) is 19.9 Å². The molecule has 3 aromatic heterocycles. The van der Waals surface area contributed by atoms with Crippen molar-refractivity contribution in [3.05, 3.63) is 83.3 Å². The smallest absolute Gasteiger partial charge is 0.259 e. The van der Waals surface area contributed by atoms with Crippen LogP contribution in [0.2, 0.25) is 0 Å². The summed E-state index contributed by atoms with van der Waals surface area (Å²) >= 11 is 0. The SMILES string of the molecule is CC1(C)CN(C(C=O)C2CCCO2)Cc2cc(NC(=O)c3cccnc3NCc3ccnc4[nH]ccc34)ccc21. The summed E-state index contributed by atoms with van der Waals surface area (Å²) in [6.07, 6.45) is 8.16. The molecule has 0 aliphatic carbocycles. The fourth-order valence-electron chi connectivity index (χ4n) is 6.10. The summed E-state index contributed by atoms with van der Waals surface area (Å²) in [7, 11) is 0. The molecule has 3 N–H and O–H groups in total. The first kappa shape index (κ1) is 26.2. The van der Waals surface area contributed by atoms with E-state index in [2.05, 4.69) is 50.4 Å². The van der Waals surface area contributed by atoms with Gasteiger partial charge in [0.2, 0.25) is 0 Å². The van der Waals surface area contributed by atoms with Crippen molar-refractivity contribution in [2.75, 3.05) is 23.8 Å². The van der Waals surface area contributed by atoms with Gasteiger partial charge in [0.15, 0.2) is 0 Å². The molecule has 1 amide bonds. The number of ether oxygens (including phenoxy) is 1. The number of hydrogen-bond acceptors (Lipinski definition) is 7. The zero-order valence-corrected chi connectivity index (χ0v) is 22.8. The number of aromatic amines is 1. The van der Waals surface area contributed by atoms with Crippen LogP contribution in [0.4, 0.5) is 11.5 Å². The van der Waals surface area contributed by atoms with Gasteiger partial charge in [-0.2, -0.15) is 0 Å². The zero-order valence-electron chi connectivity index (χ0n) is 22.8. The number of nitrogens with one attached hydrogen (secondary N) is 3. The van der Waals surface area contributed by atoms with E-state index in [0.717, 1.165) is 47.8 Å². The monoisotopic (exact) mass is 538 g/mol. The molecule has 0 spiro atoms. The second kappa shape index (κ2) is 10.8. The number of aromatic nitrogens is 3. The summed E-state index contributed by atoms with van der Waals surface area (Å²) in [4.78, 5) is 39.7. The van der Waals surface area contributed by atoms with Crippen molar-refractivity contribution in [3.8, 4) is 0 Å². The number of anilines is 2. The average Bonchev–Trinajstić information content (AvgIpc) is 3.65. The van der Waals surface area contributed by atoms with Gasteiger partial charge in [0.25, 0.3) is 5.91 Å². The van der Waals surface area contributed by atoms with E-state index in [9.17, 15) is 9.59 Å². The molecule has 9 heteroatoms. The number of pyridine rings is 2. The van der Waals surface area contributed by atoms with Gasteiger partial charge in [-0.15, -0.1) is 0 Å². The third-order valence-corrected chi connectivity index (χ3v) is 8.02. The lowest BCUT2D eigenvalue weighted by Crippen LogP contribution is -2.51. The van der Waals surface area contributed by atoms with Gasteiger partial charge < -0.3 is 25.1 Å². The maximum absolute atomic E-state index is 13.4. The Balaban J connectivity index is 1.20. The molecule has 1 aromatic carbocycles. The van der Waals surface area contributed by atoms with Crippen molar-refractivity contribution >= 4 is 34.7 Å². The van der Waals surface area contributed by atoms with Crippen LogP contribution in [0.3, 0.4) is 0 Å². The molecule has 40 heavy (non-hydrogen) atoms. The van der Waals surface area contributed by atoms with Crippen LogP contribution in [-0.2, 0) is 28.0 Å². The molecule has 1 saturated heterocycles. The Morgan fingerprint density at radius 2 is 2.12 bits per heavy atom. The predicted molar refractivity (Wildman–Crippen MR) is 154 cm³/mol. The Hall–Kier alpha value is -4.08. The Bertz CT molecular complexity index is 1540. The Morgan fingerprint density at radius 3 is 2.95 bits per heavy atom. The summed E-state index contributed by atoms with van der Waals surface area (Å²) < 4.78 is 5.87. The van der Waals surface area contributed by atoms with E-state index in [1.807, 2.05) is 30.5 Å². The first-order chi connectivity index (χ1) is 19.4. The summed E-state index contributed by atoms with van der Waals surface area (Å²) in [5.41, 5.74) is 5.24. The number of fused-ring (bicyclic) bond motifs is 2. The van der Waals surface area contributed by atoms with Crippen LogP contribution >= 0.6 is 0 Å². The number of carbonyl (C=O) groups is 2. The molecule has 2 aliphatic heterocycles. The number of benzene rings is 1. The van der Waals surface area contributed by atoms with Gasteiger partial charge in [0.1, 0.15) is 17.8 Å². The van der Waals surface area contributed by atoms with E-state index in [1.165, 1.54) is 5.56 Å². The maximum atomic E-state index is 13.4. The average molecular weight is 539 g/mol. The molecule has 4 aromatic rings. The molecule has 2 atom stereocenters. The van der Waals surface area contributed by atoms with Crippen LogP contribution in [-0.4, -0.2) is 57.3 Å². The predicted octanol–water partition coefficient (Wildman–Crippen LogP) is 4.66. The van der Waals surface area contributed by atoms with E-state index in [0.29, 0.717) is 36.8 Å². The Labute approximate surface area is 233 Å². The topological polar surface area (TPSA) is 112 Å². The van der Waals surface area contributed by atoms with Gasteiger partial charge in [-0.3, -0.25) is 9.69 Å². The quantitative estimate of drug-likeness (QED) is 0.280. The van der Waals surface area contributed by atoms with Crippen molar-refractivity contribution in [3.63, 3.8) is 0 Å². The van der Waals surface area contributed by atoms with E-state index in [-0.39, 0.29) is 23.5 Å². The van der Waals surface area contributed by atoms with Crippen LogP contribution in [0, 0.1) is 0 Å². The molecule has 0 bridgehead atoms. The zero-order chi connectivity index (χ0) is 27.7. The molecule has 0 saturated carbocycles. The number of nitrogens with zero attached hydrogens (tertiary/aromatic N) is 3. The van der Waals surface area contributed by atoms with Crippen molar-refractivity contribution in [2.45, 2.75) is 57.3 Å². The molecule has 2 unspecified atom stereocenters. The second-order valence-electron chi connectivity index (χ2n) is 11.3. The van der Waals surface area contributed by atoms with E-state index in [1.54, 1.807) is 24.5 Å². The molecular formula is C31H34N6O3. The number of aldehydes is 1. The molecule has 0 radical (unpaired) electrons. The third-order valence-electron chi connectivity index (χ3n) is 8.02. The molecule has 6 rings (SSSR count). The summed E-state index contributed by atoms with van der Waals surface area (Å²) in [5, 5.41) is 7.42. The van der Waals surface area contributed by atoms with Crippen molar-refractivity contribution in [1.29, 1.82) is 0 Å². The lowest BCUT2D eigenvalue weighted by Gasteiger charge is -2.43. The van der Waals surface area contributed by atoms with Gasteiger partial charge in [-0.25, -0.2) is 9.97 Å². The Morgan fingerprint density at radius 1 is 1.23 bits per heavy atom. The fourth-order valence-corrected chi connectivity index (χ4v) is 6.10. The van der Waals surface area contributed by atoms with E-state index in [4.69, 9.17) is 4.74 Å². The van der Waals surface area contributed by atoms with Crippen LogP contribution < -0.4 is 10.6 Å². The fraction of sp³-hybridized carbons (Fsp3) is 0.355. The molecular weight excluding hydrogens is 504 g/mol. The van der Waals surface area contributed by atoms with Crippen LogP contribution in [0.25, 0.3) is 11.0 Å². The van der Waals surface area contributed by atoms with Gasteiger partial charge >= 0.3 is 0 Å². The third kappa shape index (κ3) is 5.10. The minimum Gasteiger partial charge on any atom is -0.376 e. The number of amides is 1. The minimum atomic E-state index is -0.273. The van der Waals surface area contributed by atoms with Crippen molar-refractivity contribution in [1.82, 2.24) is 19.9 Å². The normalized spacial score (nSPS) is 19.2. The molecule has 206 valence electrons. The van der Waals surface area contributed by atoms with Gasteiger partial charge in [0.05, 0.1) is 17.7 Å². The highest BCUT2D eigenvalue weighted by Crippen LogP contribution is 2.37. The number of carbonyl (C=O) groups excluding carboxylic acids is 2. The van der Waals surface area contributed by atoms with Crippen LogP contribution in [0.1, 0.15) is 53.7 Å². The number of H-pyrrole nitrogens is 1. The lowest BCUT2D eigenvalue weighted by atomic mass is 9.77. The largest absolute Gasteiger partial charge is 0.376 e. The van der Waals surface area contributed by atoms with Gasteiger partial charge in [0, 0.05) is 61.3 Å². The number of rotatable bonds is 8. The highest BCUT2D eigenvalue weighted by atomic mass is 16.5. The summed E-state index contributed by atoms with van der Waals surface area (Å²) in [5.74, 6) is 0.269.